The van der Waals surface area contributed by atoms with Crippen LogP contribution < -0.4 is 0 Å². The van der Waals surface area contributed by atoms with E-state index in [0.29, 0.717) is 5.57 Å². The lowest BCUT2D eigenvalue weighted by Crippen LogP contribution is -2.63. The molecule has 0 radical (unpaired) electrons. The molecule has 30 heavy (non-hydrogen) atoms. The van der Waals surface area contributed by atoms with Crippen molar-refractivity contribution in [1.82, 2.24) is 0 Å². The van der Waals surface area contributed by atoms with E-state index < -0.39 is 41.8 Å². The molecule has 5 atom stereocenters. The molecule has 1 spiro atoms. The molecule has 3 fully saturated rings. The summed E-state index contributed by atoms with van der Waals surface area (Å²) in [6, 6.07) is 0. The minimum Gasteiger partial charge on any atom is -0.461 e. The van der Waals surface area contributed by atoms with E-state index in [1.165, 1.54) is 0 Å². The lowest BCUT2D eigenvalue weighted by molar-refractivity contribution is -0.352. The van der Waals surface area contributed by atoms with Crippen LogP contribution in [0.25, 0.3) is 0 Å². The third-order valence-corrected chi connectivity index (χ3v) is 5.22. The molecular formula is C20H29NO9. The topological polar surface area (TPSA) is 103 Å². The van der Waals surface area contributed by atoms with Gasteiger partial charge >= 0.3 is 5.97 Å². The lowest BCUT2D eigenvalue weighted by Gasteiger charge is -2.44. The average Bonchev–Trinajstić information content (AvgIpc) is 3.14. The minimum absolute atomic E-state index is 0.0739. The molecule has 4 rings (SSSR count). The van der Waals surface area contributed by atoms with Crippen molar-refractivity contribution in [2.24, 2.45) is 5.16 Å². The molecule has 0 aromatic heterocycles. The summed E-state index contributed by atoms with van der Waals surface area (Å²) in [5, 5.41) is 3.86. The highest BCUT2D eigenvalue weighted by atomic mass is 16.9. The Hall–Kier alpha value is -1.56. The molecule has 10 nitrogen and oxygen atoms in total. The first-order valence-electron chi connectivity index (χ1n) is 10.1. The highest BCUT2D eigenvalue weighted by Crippen LogP contribution is 2.46. The summed E-state index contributed by atoms with van der Waals surface area (Å²) < 4.78 is 41.4. The minimum atomic E-state index is -1.19. The number of rotatable bonds is 4. The van der Waals surface area contributed by atoms with E-state index in [2.05, 4.69) is 5.16 Å². The molecule has 4 aliphatic rings. The molecule has 0 saturated carbocycles. The van der Waals surface area contributed by atoms with Crippen molar-refractivity contribution < 1.29 is 42.8 Å². The van der Waals surface area contributed by atoms with E-state index in [1.807, 2.05) is 27.7 Å². The first kappa shape index (κ1) is 21.7. The van der Waals surface area contributed by atoms with Crippen LogP contribution >= 0.6 is 0 Å². The third kappa shape index (κ3) is 4.00. The summed E-state index contributed by atoms with van der Waals surface area (Å²) >= 11 is 0. The molecule has 168 valence electrons. The second-order valence-corrected chi connectivity index (χ2v) is 8.63. The molecule has 0 bridgehead atoms. The van der Waals surface area contributed by atoms with E-state index in [1.54, 1.807) is 19.9 Å². The maximum Gasteiger partial charge on any atom is 0.360 e. The molecule has 0 aromatic carbocycles. The highest BCUT2D eigenvalue weighted by Gasteiger charge is 2.64. The number of oxime groups is 1. The van der Waals surface area contributed by atoms with E-state index in [9.17, 15) is 4.79 Å². The number of esters is 1. The Bertz CT molecular complexity index is 759. The Morgan fingerprint density at radius 3 is 2.60 bits per heavy atom. The average molecular weight is 427 g/mol. The fourth-order valence-electron chi connectivity index (χ4n) is 4.01. The largest absolute Gasteiger partial charge is 0.461 e. The number of fused-ring (bicyclic) bond motifs is 1. The van der Waals surface area contributed by atoms with Gasteiger partial charge in [-0.1, -0.05) is 5.16 Å². The van der Waals surface area contributed by atoms with Gasteiger partial charge in [-0.3, -0.25) is 0 Å². The van der Waals surface area contributed by atoms with Gasteiger partial charge < -0.3 is 38.0 Å². The molecule has 0 amide bonds. The van der Waals surface area contributed by atoms with E-state index in [-0.39, 0.29) is 31.6 Å². The number of ether oxygens (including phenoxy) is 7. The van der Waals surface area contributed by atoms with Crippen LogP contribution in [-0.2, 0) is 42.8 Å². The van der Waals surface area contributed by atoms with E-state index in [4.69, 9.17) is 38.0 Å². The van der Waals surface area contributed by atoms with Crippen molar-refractivity contribution >= 4 is 11.7 Å². The van der Waals surface area contributed by atoms with Gasteiger partial charge in [0, 0.05) is 0 Å². The normalized spacial score (nSPS) is 39.1. The predicted octanol–water partition coefficient (Wildman–Crippen LogP) is 1.62. The van der Waals surface area contributed by atoms with Gasteiger partial charge in [0.2, 0.25) is 12.1 Å². The Labute approximate surface area is 175 Å². The number of carbonyl (C=O) groups is 1. The quantitative estimate of drug-likeness (QED) is 0.619. The van der Waals surface area contributed by atoms with Gasteiger partial charge in [-0.25, -0.2) is 4.79 Å². The van der Waals surface area contributed by atoms with Crippen LogP contribution in [-0.4, -0.2) is 73.5 Å². The highest BCUT2D eigenvalue weighted by molar-refractivity contribution is 6.41. The summed E-state index contributed by atoms with van der Waals surface area (Å²) in [5.74, 6) is -3.40. The van der Waals surface area contributed by atoms with Crippen LogP contribution in [0.1, 0.15) is 41.5 Å². The predicted molar refractivity (Wildman–Crippen MR) is 101 cm³/mol. The van der Waals surface area contributed by atoms with Crippen molar-refractivity contribution in [3.05, 3.63) is 11.6 Å². The molecule has 0 N–H and O–H groups in total. The van der Waals surface area contributed by atoms with Crippen molar-refractivity contribution in [3.8, 4) is 0 Å². The number of carbonyl (C=O) groups excluding carboxylic acids is 1. The summed E-state index contributed by atoms with van der Waals surface area (Å²) in [6.45, 7) is 11.5. The third-order valence-electron chi connectivity index (χ3n) is 5.22. The van der Waals surface area contributed by atoms with Crippen LogP contribution in [0.4, 0.5) is 0 Å². The Kier molecular flexibility index (Phi) is 5.44. The fraction of sp³-hybridized carbons (Fsp3) is 0.800. The molecule has 3 saturated heterocycles. The van der Waals surface area contributed by atoms with Crippen LogP contribution in [0.2, 0.25) is 0 Å². The van der Waals surface area contributed by atoms with Gasteiger partial charge in [0.1, 0.15) is 24.9 Å². The summed E-state index contributed by atoms with van der Waals surface area (Å²) in [6.07, 6.45) is -0.835. The van der Waals surface area contributed by atoms with Gasteiger partial charge in [0.15, 0.2) is 17.3 Å². The van der Waals surface area contributed by atoms with Crippen molar-refractivity contribution in [2.45, 2.75) is 83.5 Å². The monoisotopic (exact) mass is 427 g/mol. The van der Waals surface area contributed by atoms with Crippen LogP contribution in [0.5, 0.6) is 0 Å². The van der Waals surface area contributed by atoms with Gasteiger partial charge in [-0.05, 0) is 53.2 Å². The Balaban J connectivity index is 1.56. The zero-order valence-corrected chi connectivity index (χ0v) is 18.1. The summed E-state index contributed by atoms with van der Waals surface area (Å²) in [5.41, 5.74) is 0.714. The van der Waals surface area contributed by atoms with Crippen molar-refractivity contribution in [1.29, 1.82) is 0 Å². The maximum atomic E-state index is 11.9. The smallest absolute Gasteiger partial charge is 0.360 e. The molecule has 4 aliphatic heterocycles. The van der Waals surface area contributed by atoms with Gasteiger partial charge in [0.05, 0.1) is 13.2 Å². The molecule has 0 unspecified atom stereocenters. The Morgan fingerprint density at radius 2 is 1.97 bits per heavy atom. The lowest BCUT2D eigenvalue weighted by atomic mass is 9.97. The molecule has 0 aromatic rings. The second-order valence-electron chi connectivity index (χ2n) is 8.63. The van der Waals surface area contributed by atoms with Crippen LogP contribution in [0.15, 0.2) is 16.8 Å². The molecular weight excluding hydrogens is 398 g/mol. The van der Waals surface area contributed by atoms with Gasteiger partial charge in [-0.15, -0.1) is 0 Å². The van der Waals surface area contributed by atoms with Crippen LogP contribution in [0, 0.1) is 0 Å². The SMILES string of the molecule is CCOC(=O)C1=NO[C@H](O[C@H]2[C@@H]3OC(C)(C)O[C@@H]3CO[C@]23COC(C)(C)O3)C(C)=C1. The number of nitrogens with zero attached hydrogens (tertiary/aromatic N) is 1. The first-order chi connectivity index (χ1) is 14.0. The first-order valence-corrected chi connectivity index (χ1v) is 10.1. The summed E-state index contributed by atoms with van der Waals surface area (Å²) in [7, 11) is 0. The second kappa shape index (κ2) is 7.54. The standard InChI is InChI=1S/C20H29NO9/c1-7-23-16(22)12-8-11(2)17(29-21-12)26-15-14-13(27-19(5,6)28-14)9-24-20(15)10-25-18(3,4)30-20/h8,13-15,17H,7,9-10H2,1-6H3/t13-,14-,15+,17+,20+/m1/s1. The molecule has 10 heteroatoms. The van der Waals surface area contributed by atoms with E-state index >= 15 is 0 Å². The maximum absolute atomic E-state index is 11.9. The van der Waals surface area contributed by atoms with Crippen molar-refractivity contribution in [3.63, 3.8) is 0 Å². The number of hydrogen-bond acceptors (Lipinski definition) is 10. The Morgan fingerprint density at radius 1 is 1.20 bits per heavy atom. The molecule has 0 aliphatic carbocycles. The molecule has 4 heterocycles. The van der Waals surface area contributed by atoms with E-state index in [0.717, 1.165) is 0 Å². The van der Waals surface area contributed by atoms with Gasteiger partial charge in [-0.2, -0.15) is 0 Å². The fourth-order valence-corrected chi connectivity index (χ4v) is 4.01. The zero-order chi connectivity index (χ0) is 21.7. The van der Waals surface area contributed by atoms with Crippen molar-refractivity contribution in [2.75, 3.05) is 19.8 Å². The summed E-state index contributed by atoms with van der Waals surface area (Å²) in [4.78, 5) is 17.4. The zero-order valence-electron chi connectivity index (χ0n) is 18.1. The van der Waals surface area contributed by atoms with Crippen LogP contribution in [0.3, 0.4) is 0 Å². The number of hydrogen-bond donors (Lipinski definition) is 0. The van der Waals surface area contributed by atoms with Gasteiger partial charge in [0.25, 0.3) is 0 Å².